The van der Waals surface area contributed by atoms with E-state index < -0.39 is 0 Å². The molecule has 4 nitrogen and oxygen atoms in total. The Morgan fingerprint density at radius 1 is 1.57 bits per heavy atom. The van der Waals surface area contributed by atoms with E-state index in [4.69, 9.17) is 10.7 Å². The molecule has 0 aromatic carbocycles. The molecule has 2 rings (SSSR count). The largest absolute Gasteiger partial charge is 0.285 e. The summed E-state index contributed by atoms with van der Waals surface area (Å²) in [5.41, 5.74) is 2.18. The minimum atomic E-state index is 0.182. The molecule has 0 radical (unpaired) electrons. The molecular weight excluding hydrogens is 176 g/mol. The van der Waals surface area contributed by atoms with Gasteiger partial charge in [0.15, 0.2) is 0 Å². The Hall–Kier alpha value is -2.15. The average molecular weight is 184 g/mol. The number of hydrogen-bond acceptors (Lipinski definition) is 3. The zero-order chi connectivity index (χ0) is 10.1. The van der Waals surface area contributed by atoms with Crippen molar-refractivity contribution in [2.75, 3.05) is 0 Å². The maximum absolute atomic E-state index is 8.72. The van der Waals surface area contributed by atoms with Crippen molar-refractivity contribution in [1.82, 2.24) is 9.38 Å². The number of nitrogens with one attached hydrogen (secondary N) is 1. The number of nitrogens with zero attached hydrogens (tertiary/aromatic N) is 3. The second-order valence-corrected chi connectivity index (χ2v) is 3.02. The van der Waals surface area contributed by atoms with Crippen LogP contribution in [0, 0.1) is 23.7 Å². The fraction of sp³-hybridized carbons (Fsp3) is 0.100. The first-order valence-electron chi connectivity index (χ1n) is 4.15. The Bertz CT molecular complexity index is 589. The number of nitriles is 1. The standard InChI is InChI=1S/C10H8N4/c1-7-3-2-4-14-9(12)8(5-11)6-13-10(7)14/h2-4,6,12H,1H3. The third kappa shape index (κ3) is 1.07. The molecule has 1 N–H and O–H groups in total. The lowest BCUT2D eigenvalue weighted by Gasteiger charge is -2.03. The quantitative estimate of drug-likeness (QED) is 0.663. The van der Waals surface area contributed by atoms with Crippen LogP contribution in [0.2, 0.25) is 0 Å². The number of fused-ring (bicyclic) bond motifs is 1. The molecule has 0 aliphatic heterocycles. The fourth-order valence-electron chi connectivity index (χ4n) is 1.35. The van der Waals surface area contributed by atoms with Crippen molar-refractivity contribution < 1.29 is 0 Å². The molecule has 2 aromatic rings. The second kappa shape index (κ2) is 2.96. The minimum absolute atomic E-state index is 0.182. The molecule has 2 aromatic heterocycles. The van der Waals surface area contributed by atoms with Gasteiger partial charge in [-0.1, -0.05) is 6.07 Å². The summed E-state index contributed by atoms with van der Waals surface area (Å²) in [6, 6.07) is 5.70. The normalized spacial score (nSPS) is 10.0. The van der Waals surface area contributed by atoms with E-state index in [1.54, 1.807) is 10.6 Å². The Morgan fingerprint density at radius 2 is 2.36 bits per heavy atom. The van der Waals surface area contributed by atoms with Gasteiger partial charge in [-0.3, -0.25) is 9.81 Å². The molecule has 14 heavy (non-hydrogen) atoms. The molecule has 0 amide bonds. The third-order valence-corrected chi connectivity index (χ3v) is 2.09. The summed E-state index contributed by atoms with van der Waals surface area (Å²) in [6.45, 7) is 1.92. The average Bonchev–Trinajstić information content (AvgIpc) is 2.20. The first-order valence-corrected chi connectivity index (χ1v) is 4.15. The summed E-state index contributed by atoms with van der Waals surface area (Å²) < 4.78 is 1.61. The van der Waals surface area contributed by atoms with E-state index in [0.29, 0.717) is 0 Å². The second-order valence-electron chi connectivity index (χ2n) is 3.02. The number of hydrogen-bond donors (Lipinski definition) is 1. The van der Waals surface area contributed by atoms with Gasteiger partial charge in [-0.15, -0.1) is 0 Å². The molecule has 2 heterocycles. The highest BCUT2D eigenvalue weighted by molar-refractivity contribution is 5.47. The van der Waals surface area contributed by atoms with Crippen LogP contribution < -0.4 is 5.49 Å². The Morgan fingerprint density at radius 3 is 3.07 bits per heavy atom. The van der Waals surface area contributed by atoms with Crippen molar-refractivity contribution in [3.63, 3.8) is 0 Å². The highest BCUT2D eigenvalue weighted by Gasteiger charge is 2.01. The van der Waals surface area contributed by atoms with Crippen molar-refractivity contribution in [3.05, 3.63) is 41.1 Å². The van der Waals surface area contributed by atoms with E-state index in [1.165, 1.54) is 6.20 Å². The summed E-state index contributed by atoms with van der Waals surface area (Å²) in [5, 5.41) is 16.5. The van der Waals surface area contributed by atoms with Gasteiger partial charge in [0.2, 0.25) is 0 Å². The van der Waals surface area contributed by atoms with Crippen molar-refractivity contribution in [3.8, 4) is 6.07 Å². The van der Waals surface area contributed by atoms with Crippen LogP contribution in [0.4, 0.5) is 0 Å². The van der Waals surface area contributed by atoms with Gasteiger partial charge in [-0.05, 0) is 18.6 Å². The van der Waals surface area contributed by atoms with E-state index >= 15 is 0 Å². The van der Waals surface area contributed by atoms with Crippen molar-refractivity contribution in [2.45, 2.75) is 6.92 Å². The lowest BCUT2D eigenvalue weighted by Crippen LogP contribution is -2.18. The molecule has 0 aliphatic carbocycles. The van der Waals surface area contributed by atoms with Gasteiger partial charge in [-0.25, -0.2) is 4.98 Å². The van der Waals surface area contributed by atoms with Crippen LogP contribution in [0.25, 0.3) is 5.65 Å². The molecular formula is C10H8N4. The van der Waals surface area contributed by atoms with Crippen LogP contribution in [0.1, 0.15) is 11.1 Å². The predicted octanol–water partition coefficient (Wildman–Crippen LogP) is 0.994. The van der Waals surface area contributed by atoms with E-state index in [9.17, 15) is 0 Å². The highest BCUT2D eigenvalue weighted by atomic mass is 15.0. The fourth-order valence-corrected chi connectivity index (χ4v) is 1.35. The number of aryl methyl sites for hydroxylation is 1. The Labute approximate surface area is 80.6 Å². The molecule has 0 saturated carbocycles. The van der Waals surface area contributed by atoms with E-state index in [1.807, 2.05) is 25.1 Å². The lowest BCUT2D eigenvalue weighted by atomic mass is 10.3. The van der Waals surface area contributed by atoms with Gasteiger partial charge in [-0.2, -0.15) is 5.26 Å². The Kier molecular flexibility index (Phi) is 1.79. The van der Waals surface area contributed by atoms with Crippen molar-refractivity contribution in [1.29, 1.82) is 10.7 Å². The number of rotatable bonds is 0. The molecule has 0 unspecified atom stereocenters. The summed E-state index contributed by atoms with van der Waals surface area (Å²) in [7, 11) is 0. The maximum Gasteiger partial charge on any atom is 0.150 e. The van der Waals surface area contributed by atoms with E-state index in [2.05, 4.69) is 4.98 Å². The highest BCUT2D eigenvalue weighted by Crippen LogP contribution is 2.03. The molecule has 0 saturated heterocycles. The SMILES string of the molecule is Cc1cccn2c(=N)c(C#N)cnc12. The van der Waals surface area contributed by atoms with Crippen LogP contribution in [0.3, 0.4) is 0 Å². The van der Waals surface area contributed by atoms with Crippen LogP contribution in [-0.4, -0.2) is 9.38 Å². The molecule has 0 aliphatic rings. The molecule has 68 valence electrons. The summed E-state index contributed by atoms with van der Waals surface area (Å²) in [4.78, 5) is 4.13. The molecule has 0 atom stereocenters. The lowest BCUT2D eigenvalue weighted by molar-refractivity contribution is 0.953. The first kappa shape index (κ1) is 8.45. The van der Waals surface area contributed by atoms with E-state index in [-0.39, 0.29) is 11.1 Å². The smallest absolute Gasteiger partial charge is 0.150 e. The third-order valence-electron chi connectivity index (χ3n) is 2.09. The predicted molar refractivity (Wildman–Crippen MR) is 50.5 cm³/mol. The topological polar surface area (TPSA) is 64.9 Å². The van der Waals surface area contributed by atoms with Gasteiger partial charge in [0.1, 0.15) is 22.8 Å². The van der Waals surface area contributed by atoms with Gasteiger partial charge >= 0.3 is 0 Å². The van der Waals surface area contributed by atoms with Crippen LogP contribution >= 0.6 is 0 Å². The molecule has 0 spiro atoms. The van der Waals surface area contributed by atoms with Gasteiger partial charge < -0.3 is 0 Å². The monoisotopic (exact) mass is 184 g/mol. The Balaban J connectivity index is 3.00. The maximum atomic E-state index is 8.72. The summed E-state index contributed by atoms with van der Waals surface area (Å²) >= 11 is 0. The van der Waals surface area contributed by atoms with Crippen molar-refractivity contribution >= 4 is 5.65 Å². The number of pyridine rings is 1. The minimum Gasteiger partial charge on any atom is -0.285 e. The summed E-state index contributed by atoms with van der Waals surface area (Å²) in [6.07, 6.45) is 3.17. The van der Waals surface area contributed by atoms with Crippen LogP contribution in [-0.2, 0) is 0 Å². The first-order chi connectivity index (χ1) is 6.74. The van der Waals surface area contributed by atoms with Gasteiger partial charge in [0, 0.05) is 6.20 Å². The van der Waals surface area contributed by atoms with Gasteiger partial charge in [0.05, 0.1) is 6.20 Å². The van der Waals surface area contributed by atoms with E-state index in [0.717, 1.165) is 11.2 Å². The molecule has 4 heteroatoms. The zero-order valence-electron chi connectivity index (χ0n) is 7.65. The molecule has 0 fully saturated rings. The van der Waals surface area contributed by atoms with Crippen molar-refractivity contribution in [2.24, 2.45) is 0 Å². The summed E-state index contributed by atoms with van der Waals surface area (Å²) in [5.74, 6) is 0. The zero-order valence-corrected chi connectivity index (χ0v) is 7.65. The molecule has 0 bridgehead atoms. The van der Waals surface area contributed by atoms with Crippen LogP contribution in [0.5, 0.6) is 0 Å². The number of aromatic nitrogens is 2. The van der Waals surface area contributed by atoms with Gasteiger partial charge in [0.25, 0.3) is 0 Å². The van der Waals surface area contributed by atoms with Crippen LogP contribution in [0.15, 0.2) is 24.5 Å².